The molecular formula is C55H70N8O7S. The molecule has 3 aliphatic carbocycles. The zero-order valence-corrected chi connectivity index (χ0v) is 42.3. The minimum atomic E-state index is -4.57. The van der Waals surface area contributed by atoms with Crippen molar-refractivity contribution in [2.45, 2.75) is 139 Å². The van der Waals surface area contributed by atoms with Crippen LogP contribution in [0, 0.1) is 21.4 Å². The van der Waals surface area contributed by atoms with E-state index in [-0.39, 0.29) is 28.3 Å². The van der Waals surface area contributed by atoms with Crippen LogP contribution in [0.1, 0.15) is 138 Å². The SMILES string of the molecule is CC(C)c1ccccc1C1CN(C2CCCCC2)CCN1C1CC2(CCN(c3ccc(C(=O)NS(=O)(=O)c4ccc(NC[C@H]5CC[C@](C)(O)CC5)c([N+](=O)[O-])c4)c(Oc4cnc5[nH]ccc5c4)c3)CC2)C1. The van der Waals surface area contributed by atoms with E-state index in [9.17, 15) is 28.4 Å². The van der Waals surface area contributed by atoms with Crippen LogP contribution in [0.4, 0.5) is 17.1 Å². The second kappa shape index (κ2) is 20.2. The molecule has 71 heavy (non-hydrogen) atoms. The lowest BCUT2D eigenvalue weighted by molar-refractivity contribution is -0.384. The third kappa shape index (κ3) is 10.7. The summed E-state index contributed by atoms with van der Waals surface area (Å²) in [5.74, 6) is 0.263. The van der Waals surface area contributed by atoms with Crippen LogP contribution < -0.4 is 19.7 Å². The molecule has 4 N–H and O–H groups in total. The number of fused-ring (bicyclic) bond motifs is 1. The molecule has 1 unspecified atom stereocenters. The van der Waals surface area contributed by atoms with Gasteiger partial charge in [0.05, 0.1) is 27.2 Å². The number of amides is 1. The van der Waals surface area contributed by atoms with Gasteiger partial charge in [-0.1, -0.05) is 57.4 Å². The van der Waals surface area contributed by atoms with Crippen molar-refractivity contribution in [1.29, 1.82) is 0 Å². The van der Waals surface area contributed by atoms with Crippen LogP contribution >= 0.6 is 0 Å². The Morgan fingerprint density at radius 2 is 1.69 bits per heavy atom. The molecule has 2 aromatic heterocycles. The van der Waals surface area contributed by atoms with Crippen LogP contribution in [0.5, 0.6) is 11.5 Å². The van der Waals surface area contributed by atoms with Crippen molar-refractivity contribution in [1.82, 2.24) is 24.5 Å². The number of nitro benzene ring substituents is 1. The Morgan fingerprint density at radius 3 is 2.44 bits per heavy atom. The molecule has 15 nitrogen and oxygen atoms in total. The summed E-state index contributed by atoms with van der Waals surface area (Å²) < 4.78 is 36.2. The highest BCUT2D eigenvalue weighted by Crippen LogP contribution is 2.54. The molecule has 5 fully saturated rings. The molecule has 5 aromatic rings. The second-order valence-corrected chi connectivity index (χ2v) is 23.6. The molecule has 1 amide bonds. The van der Waals surface area contributed by atoms with Gasteiger partial charge < -0.3 is 25.0 Å². The van der Waals surface area contributed by atoms with E-state index >= 15 is 0 Å². The van der Waals surface area contributed by atoms with Gasteiger partial charge in [-0.15, -0.1) is 0 Å². The summed E-state index contributed by atoms with van der Waals surface area (Å²) in [5.41, 5.74) is 3.82. The highest BCUT2D eigenvalue weighted by atomic mass is 32.2. The average molecular weight is 987 g/mol. The number of carbonyl (C=O) groups excluding carboxylic acids is 1. The number of piperazine rings is 1. The molecule has 1 spiro atoms. The standard InChI is InChI=1S/C55H70N8O7S/c1-37(2)45-11-7-8-12-46(45)50-36-61(40-9-5-4-6-10-40)27-28-62(50)42-32-55(33-42)22-25-60(26-23-55)41-13-15-47(51(30-41)70-43-29-39-19-24-56-52(39)58-35-43)53(64)59-71(68,69)44-14-16-48(49(31-44)63(66)67)57-34-38-17-20-54(3,65)21-18-38/h7-8,11-16,19,24,29-31,35,37-38,40,42,50,57,65H,4-6,9-10,17-18,20-23,25-28,32-34,36H2,1-3H3,(H,56,58)(H,59,64)/t38-,50?,54-. The monoisotopic (exact) mass is 987 g/mol. The van der Waals surface area contributed by atoms with Crippen LogP contribution in [0.25, 0.3) is 11.0 Å². The maximum atomic E-state index is 14.1. The number of ether oxygens (including phenoxy) is 1. The minimum absolute atomic E-state index is 0.0155. The van der Waals surface area contributed by atoms with Crippen molar-refractivity contribution in [2.24, 2.45) is 11.3 Å². The Bertz CT molecular complexity index is 2840. The largest absolute Gasteiger partial charge is 0.455 e. The van der Waals surface area contributed by atoms with Gasteiger partial charge in [0.15, 0.2) is 0 Å². The number of aromatic amines is 1. The lowest BCUT2D eigenvalue weighted by Gasteiger charge is -2.59. The van der Waals surface area contributed by atoms with Crippen molar-refractivity contribution in [3.05, 3.63) is 112 Å². The van der Waals surface area contributed by atoms with E-state index in [2.05, 4.69) is 72.8 Å². The summed E-state index contributed by atoms with van der Waals surface area (Å²) in [7, 11) is -4.57. The van der Waals surface area contributed by atoms with Crippen molar-refractivity contribution in [3.8, 4) is 11.5 Å². The zero-order valence-electron chi connectivity index (χ0n) is 41.4. The van der Waals surface area contributed by atoms with Gasteiger partial charge >= 0.3 is 0 Å². The number of rotatable bonds is 14. The summed E-state index contributed by atoms with van der Waals surface area (Å²) >= 11 is 0. The van der Waals surface area contributed by atoms with E-state index in [1.54, 1.807) is 30.6 Å². The number of aromatic nitrogens is 2. The molecule has 5 aliphatic rings. The number of H-pyrrole nitrogens is 1. The van der Waals surface area contributed by atoms with Gasteiger partial charge in [-0.3, -0.25) is 24.7 Å². The van der Waals surface area contributed by atoms with Gasteiger partial charge in [-0.2, -0.15) is 0 Å². The number of piperidine rings is 1. The van der Waals surface area contributed by atoms with Crippen LogP contribution in [-0.2, 0) is 10.0 Å². The quantitative estimate of drug-likeness (QED) is 0.0610. The maximum Gasteiger partial charge on any atom is 0.293 e. The summed E-state index contributed by atoms with van der Waals surface area (Å²) in [5, 5.41) is 26.5. The third-order valence-electron chi connectivity index (χ3n) is 16.8. The molecule has 0 radical (unpaired) electrons. The van der Waals surface area contributed by atoms with E-state index in [1.807, 2.05) is 19.1 Å². The Labute approximate surface area is 417 Å². The van der Waals surface area contributed by atoms with Gasteiger partial charge in [-0.05, 0) is 136 Å². The van der Waals surface area contributed by atoms with Gasteiger partial charge in [0.1, 0.15) is 22.8 Å². The van der Waals surface area contributed by atoms with Crippen LogP contribution in [0.15, 0.2) is 90.1 Å². The number of carbonyl (C=O) groups is 1. The van der Waals surface area contributed by atoms with Gasteiger partial charge in [0, 0.05) is 86.8 Å². The predicted molar refractivity (Wildman–Crippen MR) is 277 cm³/mol. The number of aliphatic hydroxyl groups is 1. The van der Waals surface area contributed by atoms with Gasteiger partial charge in [0.25, 0.3) is 21.6 Å². The van der Waals surface area contributed by atoms with E-state index in [1.165, 1.54) is 68.2 Å². The Morgan fingerprint density at radius 1 is 0.930 bits per heavy atom. The molecule has 3 aromatic carbocycles. The molecule has 1 atom stereocenters. The maximum absolute atomic E-state index is 14.1. The molecule has 0 bridgehead atoms. The Kier molecular flexibility index (Phi) is 13.9. The van der Waals surface area contributed by atoms with Gasteiger partial charge in [0.2, 0.25) is 0 Å². The Balaban J connectivity index is 0.834. The number of nitrogens with zero attached hydrogens (tertiary/aromatic N) is 5. The van der Waals surface area contributed by atoms with E-state index in [4.69, 9.17) is 4.74 Å². The molecule has 16 heteroatoms. The van der Waals surface area contributed by atoms with E-state index in [0.717, 1.165) is 75.5 Å². The topological polar surface area (TPSA) is 186 Å². The fourth-order valence-corrected chi connectivity index (χ4v) is 13.5. The first-order chi connectivity index (χ1) is 34.1. The molecular weight excluding hydrogens is 917 g/mol. The zero-order chi connectivity index (χ0) is 49.5. The summed E-state index contributed by atoms with van der Waals surface area (Å²) in [6.45, 7) is 11.9. The van der Waals surface area contributed by atoms with Gasteiger partial charge in [-0.25, -0.2) is 18.1 Å². The first-order valence-corrected chi connectivity index (χ1v) is 27.5. The summed E-state index contributed by atoms with van der Waals surface area (Å²) in [6.07, 6.45) is 17.3. The number of hydrogen-bond donors (Lipinski definition) is 4. The highest BCUT2D eigenvalue weighted by molar-refractivity contribution is 7.90. The molecule has 10 rings (SSSR count). The van der Waals surface area contributed by atoms with Crippen LogP contribution in [0.2, 0.25) is 0 Å². The number of benzene rings is 3. The molecule has 2 saturated heterocycles. The number of nitro groups is 1. The Hall–Kier alpha value is -5.55. The minimum Gasteiger partial charge on any atom is -0.455 e. The number of anilines is 2. The normalized spacial score (nSPS) is 23.7. The first kappa shape index (κ1) is 49.0. The van der Waals surface area contributed by atoms with Crippen LogP contribution in [-0.4, -0.2) is 101 Å². The smallest absolute Gasteiger partial charge is 0.293 e. The fraction of sp³-hybridized carbons (Fsp3) is 0.527. The fourth-order valence-electron chi connectivity index (χ4n) is 12.5. The molecule has 2 aliphatic heterocycles. The molecule has 3 saturated carbocycles. The third-order valence-corrected chi connectivity index (χ3v) is 18.1. The summed E-state index contributed by atoms with van der Waals surface area (Å²) in [4.78, 5) is 40.8. The number of nitrogens with one attached hydrogen (secondary N) is 3. The molecule has 4 heterocycles. The van der Waals surface area contributed by atoms with Crippen molar-refractivity contribution in [3.63, 3.8) is 0 Å². The number of sulfonamides is 1. The van der Waals surface area contributed by atoms with E-state index < -0.39 is 37.0 Å². The first-order valence-electron chi connectivity index (χ1n) is 26.0. The number of hydrogen-bond acceptors (Lipinski definition) is 12. The van der Waals surface area contributed by atoms with E-state index in [0.29, 0.717) is 54.8 Å². The lowest BCUT2D eigenvalue weighted by atomic mass is 9.59. The lowest BCUT2D eigenvalue weighted by Crippen LogP contribution is -2.61. The predicted octanol–water partition coefficient (Wildman–Crippen LogP) is 10.3. The number of pyridine rings is 1. The van der Waals surface area contributed by atoms with Crippen molar-refractivity contribution < 1.29 is 28.0 Å². The van der Waals surface area contributed by atoms with Crippen molar-refractivity contribution in [2.75, 3.05) is 49.5 Å². The van der Waals surface area contributed by atoms with Crippen molar-refractivity contribution >= 4 is 44.0 Å². The average Bonchev–Trinajstić information content (AvgIpc) is 3.83. The summed E-state index contributed by atoms with van der Waals surface area (Å²) in [6, 6.07) is 23.3. The molecule has 378 valence electrons. The highest BCUT2D eigenvalue weighted by Gasteiger charge is 2.50. The second-order valence-electron chi connectivity index (χ2n) is 21.9. The van der Waals surface area contributed by atoms with Crippen LogP contribution in [0.3, 0.4) is 0 Å².